The van der Waals surface area contributed by atoms with Gasteiger partial charge in [0, 0.05) is 35.4 Å². The monoisotopic (exact) mass is 307 g/mol. The van der Waals surface area contributed by atoms with E-state index in [4.69, 9.17) is 11.6 Å². The van der Waals surface area contributed by atoms with E-state index < -0.39 is 0 Å². The third-order valence-electron chi connectivity index (χ3n) is 3.22. The van der Waals surface area contributed by atoms with Crippen LogP contribution in [0.3, 0.4) is 0 Å². The van der Waals surface area contributed by atoms with Gasteiger partial charge in [-0.2, -0.15) is 0 Å². The van der Waals surface area contributed by atoms with Crippen LogP contribution in [0.5, 0.6) is 0 Å². The van der Waals surface area contributed by atoms with Crippen molar-refractivity contribution < 1.29 is 4.79 Å². The summed E-state index contributed by atoms with van der Waals surface area (Å²) in [7, 11) is 0. The zero-order chi connectivity index (χ0) is 13.9. The Labute approximate surface area is 126 Å². The largest absolute Gasteiger partial charge is 0.380 e. The van der Waals surface area contributed by atoms with Gasteiger partial charge in [0.1, 0.15) is 0 Å². The van der Waals surface area contributed by atoms with Crippen molar-refractivity contribution in [3.8, 4) is 0 Å². The minimum Gasteiger partial charge on any atom is -0.380 e. The van der Waals surface area contributed by atoms with E-state index in [1.54, 1.807) is 6.20 Å². The highest BCUT2D eigenvalue weighted by Gasteiger charge is 2.21. The smallest absolute Gasteiger partial charge is 0.227 e. The minimum atomic E-state index is 0.205. The van der Waals surface area contributed by atoms with E-state index in [1.165, 1.54) is 11.3 Å². The molecule has 0 atom stereocenters. The lowest BCUT2D eigenvalue weighted by atomic mass is 10.2. The first kappa shape index (κ1) is 13.4. The van der Waals surface area contributed by atoms with Gasteiger partial charge >= 0.3 is 0 Å². The zero-order valence-electron chi connectivity index (χ0n) is 10.8. The van der Waals surface area contributed by atoms with Crippen LogP contribution in [0.25, 0.3) is 0 Å². The normalized spacial score (nSPS) is 14.8. The summed E-state index contributed by atoms with van der Waals surface area (Å²) < 4.78 is 0.554. The number of amides is 1. The van der Waals surface area contributed by atoms with Crippen molar-refractivity contribution in [2.75, 3.05) is 16.8 Å². The Bertz CT molecular complexity index is 628. The number of hydrogen-bond donors (Lipinski definition) is 1. The molecule has 1 aromatic heterocycles. The SMILES string of the molecule is O=C1CCCN1c1cccc(NCc2cnc(Cl)s2)c1. The van der Waals surface area contributed by atoms with Crippen molar-refractivity contribution >= 4 is 40.2 Å². The first-order chi connectivity index (χ1) is 9.72. The summed E-state index contributed by atoms with van der Waals surface area (Å²) in [5.74, 6) is 0.205. The molecule has 2 aromatic rings. The third kappa shape index (κ3) is 2.94. The molecule has 1 N–H and O–H groups in total. The van der Waals surface area contributed by atoms with Gasteiger partial charge in [0.2, 0.25) is 5.91 Å². The molecule has 6 heteroatoms. The molecule has 1 aliphatic heterocycles. The topological polar surface area (TPSA) is 45.2 Å². The Morgan fingerprint density at radius 2 is 2.35 bits per heavy atom. The van der Waals surface area contributed by atoms with Gasteiger partial charge in [0.05, 0.1) is 6.54 Å². The molecule has 0 unspecified atom stereocenters. The molecule has 0 aliphatic carbocycles. The van der Waals surface area contributed by atoms with Crippen molar-refractivity contribution in [2.24, 2.45) is 0 Å². The minimum absolute atomic E-state index is 0.205. The molecule has 20 heavy (non-hydrogen) atoms. The van der Waals surface area contributed by atoms with Crippen molar-refractivity contribution in [2.45, 2.75) is 19.4 Å². The van der Waals surface area contributed by atoms with Gasteiger partial charge in [0.15, 0.2) is 4.47 Å². The number of halogens is 1. The summed E-state index contributed by atoms with van der Waals surface area (Å²) in [6.45, 7) is 1.49. The molecule has 3 rings (SSSR count). The van der Waals surface area contributed by atoms with Crippen molar-refractivity contribution in [1.82, 2.24) is 4.98 Å². The average Bonchev–Trinajstić information content (AvgIpc) is 3.05. The summed E-state index contributed by atoms with van der Waals surface area (Å²) in [6, 6.07) is 7.93. The summed E-state index contributed by atoms with van der Waals surface area (Å²) in [5.41, 5.74) is 1.95. The molecule has 0 saturated carbocycles. The van der Waals surface area contributed by atoms with Gasteiger partial charge in [-0.05, 0) is 24.6 Å². The predicted molar refractivity (Wildman–Crippen MR) is 82.5 cm³/mol. The second-order valence-electron chi connectivity index (χ2n) is 4.63. The van der Waals surface area contributed by atoms with Crippen LogP contribution in [0, 0.1) is 0 Å². The van der Waals surface area contributed by atoms with E-state index in [0.717, 1.165) is 29.2 Å². The van der Waals surface area contributed by atoms with E-state index >= 15 is 0 Å². The van der Waals surface area contributed by atoms with Crippen LogP contribution in [0.2, 0.25) is 4.47 Å². The van der Waals surface area contributed by atoms with E-state index in [-0.39, 0.29) is 5.91 Å². The first-order valence-corrected chi connectivity index (χ1v) is 7.66. The molecule has 0 radical (unpaired) electrons. The fourth-order valence-electron chi connectivity index (χ4n) is 2.26. The van der Waals surface area contributed by atoms with Crippen LogP contribution >= 0.6 is 22.9 Å². The van der Waals surface area contributed by atoms with Gasteiger partial charge in [0.25, 0.3) is 0 Å². The standard InChI is InChI=1S/C14H14ClN3OS/c15-14-17-9-12(20-14)8-16-10-3-1-4-11(7-10)18-6-2-5-13(18)19/h1,3-4,7,9,16H,2,5-6,8H2. The number of rotatable bonds is 4. The maximum absolute atomic E-state index is 11.8. The van der Waals surface area contributed by atoms with Crippen molar-refractivity contribution in [3.05, 3.63) is 39.8 Å². The van der Waals surface area contributed by atoms with E-state index in [2.05, 4.69) is 10.3 Å². The molecule has 1 saturated heterocycles. The number of nitrogens with one attached hydrogen (secondary N) is 1. The fraction of sp³-hybridized carbons (Fsp3) is 0.286. The van der Waals surface area contributed by atoms with Crippen LogP contribution in [-0.4, -0.2) is 17.4 Å². The van der Waals surface area contributed by atoms with Crippen molar-refractivity contribution in [1.29, 1.82) is 0 Å². The van der Waals surface area contributed by atoms with Gasteiger partial charge in [-0.15, -0.1) is 11.3 Å². The van der Waals surface area contributed by atoms with E-state index in [9.17, 15) is 4.79 Å². The number of anilines is 2. The Morgan fingerprint density at radius 3 is 3.05 bits per heavy atom. The summed E-state index contributed by atoms with van der Waals surface area (Å²) >= 11 is 7.27. The Morgan fingerprint density at radius 1 is 1.45 bits per heavy atom. The van der Waals surface area contributed by atoms with Gasteiger partial charge < -0.3 is 10.2 Å². The second-order valence-corrected chi connectivity index (χ2v) is 6.33. The lowest BCUT2D eigenvalue weighted by molar-refractivity contribution is -0.117. The fourth-order valence-corrected chi connectivity index (χ4v) is 3.18. The number of carbonyl (C=O) groups excluding carboxylic acids is 1. The molecule has 1 aliphatic rings. The molecule has 0 bridgehead atoms. The van der Waals surface area contributed by atoms with Gasteiger partial charge in [-0.3, -0.25) is 4.79 Å². The zero-order valence-corrected chi connectivity index (χ0v) is 12.4. The average molecular weight is 308 g/mol. The van der Waals surface area contributed by atoms with Crippen LogP contribution < -0.4 is 10.2 Å². The molecular weight excluding hydrogens is 294 g/mol. The molecule has 0 spiro atoms. The summed E-state index contributed by atoms with van der Waals surface area (Å²) in [5, 5.41) is 3.33. The first-order valence-electron chi connectivity index (χ1n) is 6.47. The summed E-state index contributed by atoms with van der Waals surface area (Å²) in [6.07, 6.45) is 3.36. The van der Waals surface area contributed by atoms with Crippen LogP contribution in [-0.2, 0) is 11.3 Å². The number of carbonyl (C=O) groups is 1. The lowest BCUT2D eigenvalue weighted by Crippen LogP contribution is -2.23. The van der Waals surface area contributed by atoms with E-state index in [0.29, 0.717) is 17.4 Å². The molecule has 2 heterocycles. The number of hydrogen-bond acceptors (Lipinski definition) is 4. The van der Waals surface area contributed by atoms with Gasteiger partial charge in [-0.1, -0.05) is 17.7 Å². The molecule has 1 amide bonds. The summed E-state index contributed by atoms with van der Waals surface area (Å²) in [4.78, 5) is 18.7. The quantitative estimate of drug-likeness (QED) is 0.939. The van der Waals surface area contributed by atoms with Crippen LogP contribution in [0.15, 0.2) is 30.5 Å². The predicted octanol–water partition coefficient (Wildman–Crippen LogP) is 3.54. The highest BCUT2D eigenvalue weighted by atomic mass is 35.5. The number of aromatic nitrogens is 1. The molecule has 1 fully saturated rings. The molecular formula is C14H14ClN3OS. The van der Waals surface area contributed by atoms with Crippen LogP contribution in [0.1, 0.15) is 17.7 Å². The number of thiazole rings is 1. The molecule has 104 valence electrons. The van der Waals surface area contributed by atoms with Crippen LogP contribution in [0.4, 0.5) is 11.4 Å². The molecule has 1 aromatic carbocycles. The number of nitrogens with zero attached hydrogens (tertiary/aromatic N) is 2. The number of benzene rings is 1. The second kappa shape index (κ2) is 5.81. The maximum atomic E-state index is 11.8. The Kier molecular flexibility index (Phi) is 3.89. The maximum Gasteiger partial charge on any atom is 0.227 e. The molecule has 4 nitrogen and oxygen atoms in total. The Hall–Kier alpha value is -1.59. The lowest BCUT2D eigenvalue weighted by Gasteiger charge is -2.16. The van der Waals surface area contributed by atoms with E-state index in [1.807, 2.05) is 29.2 Å². The van der Waals surface area contributed by atoms with Gasteiger partial charge in [-0.25, -0.2) is 4.98 Å². The third-order valence-corrected chi connectivity index (χ3v) is 4.34. The van der Waals surface area contributed by atoms with Crippen molar-refractivity contribution in [3.63, 3.8) is 0 Å². The highest BCUT2D eigenvalue weighted by Crippen LogP contribution is 2.25. The highest BCUT2D eigenvalue weighted by molar-refractivity contribution is 7.15. The Balaban J connectivity index is 1.69.